The number of benzene rings is 2. The molecule has 0 amide bonds. The predicted molar refractivity (Wildman–Crippen MR) is 134 cm³/mol. The van der Waals surface area contributed by atoms with Crippen molar-refractivity contribution in [3.8, 4) is 22.9 Å². The molecule has 31 heavy (non-hydrogen) atoms. The van der Waals surface area contributed by atoms with Gasteiger partial charge in [0.1, 0.15) is 0 Å². The monoisotopic (exact) mass is 426 g/mol. The highest BCUT2D eigenvalue weighted by molar-refractivity contribution is 7.13. The molecule has 2 nitrogen and oxygen atoms in total. The molecule has 2 heterocycles. The first-order chi connectivity index (χ1) is 15.4. The zero-order valence-corrected chi connectivity index (χ0v) is 19.7. The molecule has 160 valence electrons. The van der Waals surface area contributed by atoms with Crippen molar-refractivity contribution in [3.05, 3.63) is 60.7 Å². The molecular formula is C28H34N2Si. The van der Waals surface area contributed by atoms with Crippen LogP contribution < -0.4 is 10.4 Å². The second-order valence-electron chi connectivity index (χ2n) is 8.76. The molecule has 0 saturated carbocycles. The summed E-state index contributed by atoms with van der Waals surface area (Å²) in [6.45, 7) is 6.45. The average Bonchev–Trinajstić information content (AvgIpc) is 2.85. The molecule has 2 aliphatic rings. The Hall–Kier alpha value is -2.30. The standard InChI is InChI=1S/C28H34N2Si/c1-5-15-27(16-6-1)31(28-17-7-2-8-18-28,25-13-23-29-19-9-3-10-20-29)26-14-24-30-21-11-4-12-22-30/h1-2,5-8,15-18H,3-4,9-12,19-24H2. The van der Waals surface area contributed by atoms with Gasteiger partial charge in [-0.15, -0.1) is 11.1 Å². The Balaban J connectivity index is 1.68. The van der Waals surface area contributed by atoms with Gasteiger partial charge in [-0.25, -0.2) is 0 Å². The summed E-state index contributed by atoms with van der Waals surface area (Å²) in [4.78, 5) is 5.01. The van der Waals surface area contributed by atoms with Crippen molar-refractivity contribution >= 4 is 18.4 Å². The molecule has 0 aliphatic carbocycles. The molecule has 0 unspecified atom stereocenters. The molecular weight excluding hydrogens is 392 g/mol. The molecule has 4 rings (SSSR count). The van der Waals surface area contributed by atoms with Gasteiger partial charge in [0.05, 0.1) is 13.1 Å². The molecule has 0 atom stereocenters. The molecule has 3 heteroatoms. The van der Waals surface area contributed by atoms with Gasteiger partial charge < -0.3 is 0 Å². The molecule has 2 aromatic carbocycles. The van der Waals surface area contributed by atoms with Crippen LogP contribution in [0.1, 0.15) is 38.5 Å². The fourth-order valence-corrected chi connectivity index (χ4v) is 7.71. The highest BCUT2D eigenvalue weighted by Crippen LogP contribution is 2.10. The lowest BCUT2D eigenvalue weighted by Crippen LogP contribution is -2.57. The summed E-state index contributed by atoms with van der Waals surface area (Å²) in [5.41, 5.74) is 7.61. The largest absolute Gasteiger partial charge is 0.292 e. The van der Waals surface area contributed by atoms with Crippen molar-refractivity contribution in [1.29, 1.82) is 0 Å². The molecule has 2 aromatic rings. The molecule has 0 N–H and O–H groups in total. The number of hydrogen-bond donors (Lipinski definition) is 0. The van der Waals surface area contributed by atoms with Crippen molar-refractivity contribution in [2.75, 3.05) is 39.3 Å². The Bertz CT molecular complexity index is 841. The van der Waals surface area contributed by atoms with E-state index in [-0.39, 0.29) is 0 Å². The first-order valence-electron chi connectivity index (χ1n) is 11.9. The fraction of sp³-hybridized carbons (Fsp3) is 0.429. The number of piperidine rings is 2. The van der Waals surface area contributed by atoms with Gasteiger partial charge in [-0.05, 0) is 62.2 Å². The van der Waals surface area contributed by atoms with Crippen LogP contribution in [0.3, 0.4) is 0 Å². The van der Waals surface area contributed by atoms with Crippen LogP contribution in [0, 0.1) is 22.9 Å². The van der Waals surface area contributed by atoms with E-state index in [1.807, 2.05) is 0 Å². The zero-order chi connectivity index (χ0) is 21.2. The van der Waals surface area contributed by atoms with Crippen LogP contribution in [-0.2, 0) is 0 Å². The lowest BCUT2D eigenvalue weighted by molar-refractivity contribution is 0.255. The van der Waals surface area contributed by atoms with Gasteiger partial charge in [0, 0.05) is 0 Å². The van der Waals surface area contributed by atoms with Crippen molar-refractivity contribution in [2.45, 2.75) is 38.5 Å². The van der Waals surface area contributed by atoms with Crippen LogP contribution in [-0.4, -0.2) is 57.1 Å². The second kappa shape index (κ2) is 11.4. The minimum absolute atomic E-state index is 0.863. The Morgan fingerprint density at radius 2 is 0.935 bits per heavy atom. The number of hydrogen-bond acceptors (Lipinski definition) is 2. The van der Waals surface area contributed by atoms with E-state index in [9.17, 15) is 0 Å². The van der Waals surface area contributed by atoms with Gasteiger partial charge in [0.15, 0.2) is 0 Å². The zero-order valence-electron chi connectivity index (χ0n) is 18.7. The van der Waals surface area contributed by atoms with Crippen molar-refractivity contribution in [1.82, 2.24) is 9.80 Å². The van der Waals surface area contributed by atoms with Gasteiger partial charge in [0.2, 0.25) is 0 Å². The van der Waals surface area contributed by atoms with E-state index in [4.69, 9.17) is 0 Å². The van der Waals surface area contributed by atoms with Gasteiger partial charge in [-0.3, -0.25) is 9.80 Å². The number of nitrogens with zero attached hydrogens (tertiary/aromatic N) is 2. The Morgan fingerprint density at radius 1 is 0.548 bits per heavy atom. The summed E-state index contributed by atoms with van der Waals surface area (Å²) >= 11 is 0. The maximum atomic E-state index is 3.81. The maximum absolute atomic E-state index is 3.81. The highest BCUT2D eigenvalue weighted by atomic mass is 28.3. The van der Waals surface area contributed by atoms with E-state index in [0.717, 1.165) is 13.1 Å². The lowest BCUT2D eigenvalue weighted by Gasteiger charge is -2.25. The number of likely N-dealkylation sites (tertiary alicyclic amines) is 2. The van der Waals surface area contributed by atoms with Crippen molar-refractivity contribution in [2.24, 2.45) is 0 Å². The smallest absolute Gasteiger partial charge is 0.275 e. The first-order valence-corrected chi connectivity index (χ1v) is 13.9. The van der Waals surface area contributed by atoms with Crippen LogP contribution in [0.4, 0.5) is 0 Å². The number of rotatable bonds is 4. The summed E-state index contributed by atoms with van der Waals surface area (Å²) in [6.07, 6.45) is 7.93. The van der Waals surface area contributed by atoms with Crippen LogP contribution in [0.15, 0.2) is 60.7 Å². The Labute approximate surface area is 189 Å². The first kappa shape index (κ1) is 21.9. The average molecular weight is 427 g/mol. The quantitative estimate of drug-likeness (QED) is 0.547. The summed E-state index contributed by atoms with van der Waals surface area (Å²) in [6, 6.07) is 21.7. The minimum atomic E-state index is -2.49. The third-order valence-corrected chi connectivity index (χ3v) is 9.97. The summed E-state index contributed by atoms with van der Waals surface area (Å²) in [5.74, 6) is 7.21. The van der Waals surface area contributed by atoms with E-state index >= 15 is 0 Å². The Kier molecular flexibility index (Phi) is 8.03. The molecule has 2 fully saturated rings. The molecule has 0 spiro atoms. The van der Waals surface area contributed by atoms with Gasteiger partial charge in [0.25, 0.3) is 8.07 Å². The van der Waals surface area contributed by atoms with Crippen molar-refractivity contribution < 1.29 is 0 Å². The predicted octanol–water partition coefficient (Wildman–Crippen LogP) is 3.31. The maximum Gasteiger partial charge on any atom is 0.275 e. The van der Waals surface area contributed by atoms with Gasteiger partial charge in [-0.2, -0.15) is 0 Å². The third-order valence-electron chi connectivity index (χ3n) is 6.47. The SMILES string of the molecule is C(#C[Si](C#CCN1CCCCC1)(c1ccccc1)c1ccccc1)CN1CCCCC1. The van der Waals surface area contributed by atoms with Crippen molar-refractivity contribution in [3.63, 3.8) is 0 Å². The summed E-state index contributed by atoms with van der Waals surface area (Å²) in [5, 5.41) is 2.61. The van der Waals surface area contributed by atoms with E-state index in [2.05, 4.69) is 93.4 Å². The van der Waals surface area contributed by atoms with Gasteiger partial charge >= 0.3 is 0 Å². The molecule has 2 saturated heterocycles. The van der Waals surface area contributed by atoms with Crippen LogP contribution in [0.2, 0.25) is 0 Å². The third kappa shape index (κ3) is 5.90. The van der Waals surface area contributed by atoms with Gasteiger partial charge in [-0.1, -0.05) is 85.3 Å². The molecule has 0 bridgehead atoms. The second-order valence-corrected chi connectivity index (χ2v) is 11.9. The minimum Gasteiger partial charge on any atom is -0.292 e. The normalized spacial score (nSPS) is 17.8. The van der Waals surface area contributed by atoms with E-state index < -0.39 is 8.07 Å². The highest BCUT2D eigenvalue weighted by Gasteiger charge is 2.34. The van der Waals surface area contributed by atoms with E-state index in [1.54, 1.807) is 0 Å². The Morgan fingerprint density at radius 3 is 1.32 bits per heavy atom. The van der Waals surface area contributed by atoms with Crippen LogP contribution >= 0.6 is 0 Å². The van der Waals surface area contributed by atoms with E-state index in [1.165, 1.54) is 75.1 Å². The summed E-state index contributed by atoms with van der Waals surface area (Å²) in [7, 11) is -2.49. The lowest BCUT2D eigenvalue weighted by atomic mass is 10.1. The molecule has 2 aliphatic heterocycles. The van der Waals surface area contributed by atoms with Crippen LogP contribution in [0.25, 0.3) is 0 Å². The molecule has 0 radical (unpaired) electrons. The van der Waals surface area contributed by atoms with Crippen LogP contribution in [0.5, 0.6) is 0 Å². The fourth-order valence-electron chi connectivity index (χ4n) is 4.67. The molecule has 0 aromatic heterocycles. The van der Waals surface area contributed by atoms with E-state index in [0.29, 0.717) is 0 Å². The topological polar surface area (TPSA) is 6.48 Å². The summed E-state index contributed by atoms with van der Waals surface area (Å²) < 4.78 is 0.